The van der Waals surface area contributed by atoms with Crippen molar-refractivity contribution in [2.24, 2.45) is 0 Å². The third-order valence-electron chi connectivity index (χ3n) is 5.05. The third kappa shape index (κ3) is 2.88. The first-order chi connectivity index (χ1) is 11.2. The van der Waals surface area contributed by atoms with E-state index in [4.69, 9.17) is 5.73 Å². The van der Waals surface area contributed by atoms with Crippen molar-refractivity contribution in [3.63, 3.8) is 0 Å². The molecule has 2 heterocycles. The number of anilines is 2. The Morgan fingerprint density at radius 1 is 1.00 bits per heavy atom. The molecular weight excluding hydrogens is 286 g/mol. The zero-order chi connectivity index (χ0) is 15.8. The van der Waals surface area contributed by atoms with Crippen LogP contribution in [0.25, 0.3) is 0 Å². The first-order valence-electron chi connectivity index (χ1n) is 8.34. The number of nitrogen functional groups attached to an aromatic ring is 1. The average molecular weight is 309 g/mol. The fourth-order valence-corrected chi connectivity index (χ4v) is 3.65. The van der Waals surface area contributed by atoms with E-state index in [1.165, 1.54) is 11.1 Å². The van der Waals surface area contributed by atoms with Crippen LogP contribution in [0.1, 0.15) is 22.7 Å². The predicted molar refractivity (Wildman–Crippen MR) is 92.7 cm³/mol. The van der Waals surface area contributed by atoms with Crippen molar-refractivity contribution in [2.75, 3.05) is 43.9 Å². The van der Waals surface area contributed by atoms with Crippen LogP contribution in [0, 0.1) is 0 Å². The molecule has 120 valence electrons. The van der Waals surface area contributed by atoms with Gasteiger partial charge in [-0.3, -0.25) is 0 Å². The highest BCUT2D eigenvalue weighted by molar-refractivity contribution is 5.46. The summed E-state index contributed by atoms with van der Waals surface area (Å²) in [4.78, 5) is 13.7. The van der Waals surface area contributed by atoms with Crippen molar-refractivity contribution in [1.29, 1.82) is 0 Å². The van der Waals surface area contributed by atoms with Gasteiger partial charge in [0.2, 0.25) is 5.95 Å². The van der Waals surface area contributed by atoms with Gasteiger partial charge >= 0.3 is 0 Å². The van der Waals surface area contributed by atoms with Crippen molar-refractivity contribution in [3.8, 4) is 0 Å². The quantitative estimate of drug-likeness (QED) is 0.915. The molecule has 2 aliphatic rings. The zero-order valence-corrected chi connectivity index (χ0v) is 13.6. The fourth-order valence-electron chi connectivity index (χ4n) is 3.65. The number of fused-ring (bicyclic) bond motifs is 1. The molecule has 5 heteroatoms. The lowest BCUT2D eigenvalue weighted by atomic mass is 10.0. The van der Waals surface area contributed by atoms with E-state index in [-0.39, 0.29) is 0 Å². The Labute approximate surface area is 137 Å². The van der Waals surface area contributed by atoms with Crippen LogP contribution in [0.5, 0.6) is 0 Å². The number of benzene rings is 1. The molecule has 1 aromatic carbocycles. The summed E-state index contributed by atoms with van der Waals surface area (Å²) in [6.45, 7) is 4.12. The van der Waals surface area contributed by atoms with Crippen LogP contribution in [0.3, 0.4) is 0 Å². The first kappa shape index (κ1) is 14.5. The minimum Gasteiger partial charge on any atom is -0.368 e. The Morgan fingerprint density at radius 3 is 2.30 bits per heavy atom. The number of nitrogens with zero attached hydrogens (tertiary/aromatic N) is 4. The number of hydrogen-bond donors (Lipinski definition) is 1. The molecule has 4 rings (SSSR count). The molecule has 0 spiro atoms. The molecule has 1 aliphatic carbocycles. The summed E-state index contributed by atoms with van der Waals surface area (Å²) in [7, 11) is 2.16. The van der Waals surface area contributed by atoms with Crippen molar-refractivity contribution >= 4 is 11.8 Å². The summed E-state index contributed by atoms with van der Waals surface area (Å²) in [6, 6.07) is 10.8. The Bertz CT molecular complexity index is 681. The molecule has 0 unspecified atom stereocenters. The highest BCUT2D eigenvalue weighted by atomic mass is 15.3. The van der Waals surface area contributed by atoms with Crippen LogP contribution in [0.4, 0.5) is 11.8 Å². The summed E-state index contributed by atoms with van der Waals surface area (Å²) in [6.07, 6.45) is 2.10. The molecule has 0 saturated carbocycles. The molecule has 5 nitrogen and oxygen atoms in total. The lowest BCUT2D eigenvalue weighted by Crippen LogP contribution is -2.45. The molecule has 1 fully saturated rings. The molecule has 1 aliphatic heterocycles. The Kier molecular flexibility index (Phi) is 3.65. The third-order valence-corrected chi connectivity index (χ3v) is 5.05. The van der Waals surface area contributed by atoms with E-state index in [0.717, 1.165) is 50.5 Å². The van der Waals surface area contributed by atoms with Gasteiger partial charge in [-0.05, 0) is 31.0 Å². The molecular formula is C18H23N5. The van der Waals surface area contributed by atoms with Crippen LogP contribution in [-0.4, -0.2) is 48.1 Å². The Hall–Kier alpha value is -2.14. The van der Waals surface area contributed by atoms with Crippen LogP contribution < -0.4 is 10.6 Å². The van der Waals surface area contributed by atoms with Gasteiger partial charge in [0.25, 0.3) is 0 Å². The predicted octanol–water partition coefficient (Wildman–Crippen LogP) is 1.69. The normalized spacial score (nSPS) is 19.1. The van der Waals surface area contributed by atoms with Crippen LogP contribution in [0.15, 0.2) is 30.3 Å². The number of aromatic nitrogens is 2. The standard InChI is InChI=1S/C18H23N5/c1-22-6-8-23(9-7-22)17-12-16(20-18(19)21-17)15-10-13-4-2-3-5-14(13)11-15/h2-5,12,15H,6-11H2,1H3,(H2,19,20,21). The van der Waals surface area contributed by atoms with Gasteiger partial charge in [-0.2, -0.15) is 4.98 Å². The Balaban J connectivity index is 1.58. The first-order valence-corrected chi connectivity index (χ1v) is 8.34. The number of hydrogen-bond acceptors (Lipinski definition) is 5. The minimum atomic E-state index is 0.396. The fraction of sp³-hybridized carbons (Fsp3) is 0.444. The maximum Gasteiger partial charge on any atom is 0.222 e. The second kappa shape index (κ2) is 5.81. The van der Waals surface area contributed by atoms with Gasteiger partial charge in [-0.25, -0.2) is 4.98 Å². The van der Waals surface area contributed by atoms with Gasteiger partial charge in [-0.15, -0.1) is 0 Å². The summed E-state index contributed by atoms with van der Waals surface area (Å²) < 4.78 is 0. The molecule has 0 atom stereocenters. The summed E-state index contributed by atoms with van der Waals surface area (Å²) in [5.74, 6) is 1.80. The molecule has 1 aromatic heterocycles. The maximum atomic E-state index is 6.01. The van der Waals surface area contributed by atoms with Gasteiger partial charge < -0.3 is 15.5 Å². The van der Waals surface area contributed by atoms with Crippen molar-refractivity contribution in [2.45, 2.75) is 18.8 Å². The summed E-state index contributed by atoms with van der Waals surface area (Å²) in [5, 5.41) is 0. The van der Waals surface area contributed by atoms with E-state index in [2.05, 4.69) is 57.1 Å². The van der Waals surface area contributed by atoms with E-state index < -0.39 is 0 Å². The molecule has 23 heavy (non-hydrogen) atoms. The van der Waals surface area contributed by atoms with Crippen LogP contribution >= 0.6 is 0 Å². The smallest absolute Gasteiger partial charge is 0.222 e. The lowest BCUT2D eigenvalue weighted by molar-refractivity contribution is 0.312. The zero-order valence-electron chi connectivity index (χ0n) is 13.6. The lowest BCUT2D eigenvalue weighted by Gasteiger charge is -2.33. The maximum absolute atomic E-state index is 6.01. The summed E-state index contributed by atoms with van der Waals surface area (Å²) in [5.41, 5.74) is 9.97. The molecule has 2 N–H and O–H groups in total. The monoisotopic (exact) mass is 309 g/mol. The van der Waals surface area contributed by atoms with E-state index in [0.29, 0.717) is 11.9 Å². The molecule has 0 amide bonds. The van der Waals surface area contributed by atoms with Gasteiger partial charge in [0.05, 0.1) is 5.69 Å². The van der Waals surface area contributed by atoms with Crippen molar-refractivity contribution < 1.29 is 0 Å². The Morgan fingerprint density at radius 2 is 1.65 bits per heavy atom. The highest BCUT2D eigenvalue weighted by Crippen LogP contribution is 2.34. The van der Waals surface area contributed by atoms with Gasteiger partial charge in [0.15, 0.2) is 0 Å². The molecule has 2 aromatic rings. The van der Waals surface area contributed by atoms with Crippen molar-refractivity contribution in [3.05, 3.63) is 47.2 Å². The SMILES string of the molecule is CN1CCN(c2cc(C3Cc4ccccc4C3)nc(N)n2)CC1. The van der Waals surface area contributed by atoms with Crippen LogP contribution in [-0.2, 0) is 12.8 Å². The molecule has 1 saturated heterocycles. The van der Waals surface area contributed by atoms with Crippen LogP contribution in [0.2, 0.25) is 0 Å². The van der Waals surface area contributed by atoms with E-state index >= 15 is 0 Å². The second-order valence-corrected chi connectivity index (χ2v) is 6.67. The van der Waals surface area contributed by atoms with Crippen molar-refractivity contribution in [1.82, 2.24) is 14.9 Å². The van der Waals surface area contributed by atoms with E-state index in [1.54, 1.807) is 0 Å². The minimum absolute atomic E-state index is 0.396. The number of nitrogens with two attached hydrogens (primary N) is 1. The van der Waals surface area contributed by atoms with E-state index in [9.17, 15) is 0 Å². The molecule has 0 radical (unpaired) electrons. The average Bonchev–Trinajstić information content (AvgIpc) is 2.99. The van der Waals surface area contributed by atoms with E-state index in [1.807, 2.05) is 0 Å². The highest BCUT2D eigenvalue weighted by Gasteiger charge is 2.25. The van der Waals surface area contributed by atoms with Gasteiger partial charge in [0.1, 0.15) is 5.82 Å². The van der Waals surface area contributed by atoms with Gasteiger partial charge in [-0.1, -0.05) is 24.3 Å². The molecule has 0 bridgehead atoms. The summed E-state index contributed by atoms with van der Waals surface area (Å²) >= 11 is 0. The second-order valence-electron chi connectivity index (χ2n) is 6.67. The number of rotatable bonds is 2. The van der Waals surface area contributed by atoms with Gasteiger partial charge in [0, 0.05) is 38.2 Å². The number of piperazine rings is 1. The number of likely N-dealkylation sites (N-methyl/N-ethyl adjacent to an activating group) is 1. The topological polar surface area (TPSA) is 58.3 Å². The largest absolute Gasteiger partial charge is 0.368 e.